The first kappa shape index (κ1) is 16.0. The van der Waals surface area contributed by atoms with Gasteiger partial charge in [0.2, 0.25) is 5.91 Å². The molecule has 0 saturated carbocycles. The SMILES string of the molecule is CC(C)C(=O)NCCNCc1cccc(OCC#N)c1. The van der Waals surface area contributed by atoms with Gasteiger partial charge >= 0.3 is 0 Å². The fourth-order valence-corrected chi connectivity index (χ4v) is 1.57. The smallest absolute Gasteiger partial charge is 0.222 e. The molecule has 0 heterocycles. The molecule has 0 radical (unpaired) electrons. The van der Waals surface area contributed by atoms with Gasteiger partial charge in [0.1, 0.15) is 11.8 Å². The first-order valence-electron chi connectivity index (χ1n) is 6.70. The standard InChI is InChI=1S/C15H21N3O2/c1-12(2)15(19)18-8-7-17-11-13-4-3-5-14(10-13)20-9-6-16/h3-5,10,12,17H,7-9,11H2,1-2H3,(H,18,19). The fraction of sp³-hybridized carbons (Fsp3) is 0.467. The summed E-state index contributed by atoms with van der Waals surface area (Å²) in [7, 11) is 0. The fourth-order valence-electron chi connectivity index (χ4n) is 1.57. The van der Waals surface area contributed by atoms with Gasteiger partial charge in [-0.2, -0.15) is 5.26 Å². The van der Waals surface area contributed by atoms with Crippen molar-refractivity contribution in [3.63, 3.8) is 0 Å². The zero-order valence-corrected chi connectivity index (χ0v) is 12.0. The molecule has 0 aliphatic carbocycles. The Kier molecular flexibility index (Phi) is 7.15. The number of nitrogens with zero attached hydrogens (tertiary/aromatic N) is 1. The Hall–Kier alpha value is -2.06. The van der Waals surface area contributed by atoms with E-state index >= 15 is 0 Å². The van der Waals surface area contributed by atoms with Gasteiger partial charge in [0.25, 0.3) is 0 Å². The molecule has 2 N–H and O–H groups in total. The Morgan fingerprint density at radius 3 is 2.90 bits per heavy atom. The summed E-state index contributed by atoms with van der Waals surface area (Å²) in [5.41, 5.74) is 1.08. The number of ether oxygens (including phenoxy) is 1. The first-order valence-corrected chi connectivity index (χ1v) is 6.70. The van der Waals surface area contributed by atoms with E-state index in [1.54, 1.807) is 0 Å². The minimum absolute atomic E-state index is 0.0176. The van der Waals surface area contributed by atoms with Gasteiger partial charge in [-0.15, -0.1) is 0 Å². The number of carbonyl (C=O) groups is 1. The minimum atomic E-state index is 0.0176. The molecule has 1 rings (SSSR count). The van der Waals surface area contributed by atoms with E-state index in [-0.39, 0.29) is 18.4 Å². The summed E-state index contributed by atoms with van der Waals surface area (Å²) in [6.45, 7) is 5.81. The van der Waals surface area contributed by atoms with Crippen molar-refractivity contribution in [3.05, 3.63) is 29.8 Å². The first-order chi connectivity index (χ1) is 9.63. The van der Waals surface area contributed by atoms with Gasteiger partial charge in [-0.25, -0.2) is 0 Å². The number of hydrogen-bond donors (Lipinski definition) is 2. The van der Waals surface area contributed by atoms with Crippen molar-refractivity contribution in [3.8, 4) is 11.8 Å². The van der Waals surface area contributed by atoms with Crippen molar-refractivity contribution < 1.29 is 9.53 Å². The molecule has 0 saturated heterocycles. The Bertz CT molecular complexity index is 466. The lowest BCUT2D eigenvalue weighted by Crippen LogP contribution is -2.34. The summed E-state index contributed by atoms with van der Waals surface area (Å²) in [6, 6.07) is 9.54. The molecule has 0 unspecified atom stereocenters. The molecule has 108 valence electrons. The number of amides is 1. The van der Waals surface area contributed by atoms with Crippen LogP contribution in [0, 0.1) is 17.2 Å². The summed E-state index contributed by atoms with van der Waals surface area (Å²) in [5, 5.41) is 14.5. The van der Waals surface area contributed by atoms with Crippen molar-refractivity contribution in [2.75, 3.05) is 19.7 Å². The normalized spacial score (nSPS) is 10.1. The van der Waals surface area contributed by atoms with Gasteiger partial charge in [-0.3, -0.25) is 4.79 Å². The van der Waals surface area contributed by atoms with E-state index in [4.69, 9.17) is 10.00 Å². The highest BCUT2D eigenvalue weighted by Crippen LogP contribution is 2.12. The van der Waals surface area contributed by atoms with Crippen LogP contribution in [0.3, 0.4) is 0 Å². The van der Waals surface area contributed by atoms with Gasteiger partial charge in [0.05, 0.1) is 0 Å². The summed E-state index contributed by atoms with van der Waals surface area (Å²) >= 11 is 0. The number of rotatable bonds is 8. The third-order valence-electron chi connectivity index (χ3n) is 2.66. The molecule has 0 fully saturated rings. The van der Waals surface area contributed by atoms with E-state index in [1.807, 2.05) is 44.2 Å². The molecule has 1 amide bonds. The second-order valence-corrected chi connectivity index (χ2v) is 4.72. The molecule has 0 spiro atoms. The van der Waals surface area contributed by atoms with Crippen molar-refractivity contribution in [1.29, 1.82) is 5.26 Å². The molecule has 0 aliphatic heterocycles. The Morgan fingerprint density at radius 2 is 2.20 bits per heavy atom. The average Bonchev–Trinajstić information content (AvgIpc) is 2.45. The lowest BCUT2D eigenvalue weighted by atomic mass is 10.2. The van der Waals surface area contributed by atoms with E-state index in [2.05, 4.69) is 10.6 Å². The summed E-state index contributed by atoms with van der Waals surface area (Å²) < 4.78 is 5.24. The predicted octanol–water partition coefficient (Wildman–Crippen LogP) is 1.45. The molecule has 5 nitrogen and oxygen atoms in total. The van der Waals surface area contributed by atoms with Gasteiger partial charge in [-0.05, 0) is 17.7 Å². The quantitative estimate of drug-likeness (QED) is 0.704. The third-order valence-corrected chi connectivity index (χ3v) is 2.66. The van der Waals surface area contributed by atoms with Crippen LogP contribution >= 0.6 is 0 Å². The maximum Gasteiger partial charge on any atom is 0.222 e. The largest absolute Gasteiger partial charge is 0.479 e. The Morgan fingerprint density at radius 1 is 1.40 bits per heavy atom. The average molecular weight is 275 g/mol. The molecule has 0 aromatic heterocycles. The highest BCUT2D eigenvalue weighted by molar-refractivity contribution is 5.77. The molecule has 0 atom stereocenters. The maximum absolute atomic E-state index is 11.3. The van der Waals surface area contributed by atoms with Crippen LogP contribution < -0.4 is 15.4 Å². The molecule has 5 heteroatoms. The summed E-state index contributed by atoms with van der Waals surface area (Å²) in [6.07, 6.45) is 0. The number of nitriles is 1. The summed E-state index contributed by atoms with van der Waals surface area (Å²) in [4.78, 5) is 11.3. The van der Waals surface area contributed by atoms with Crippen molar-refractivity contribution in [1.82, 2.24) is 10.6 Å². The third kappa shape index (κ3) is 6.21. The van der Waals surface area contributed by atoms with Crippen LogP contribution in [0.15, 0.2) is 24.3 Å². The lowest BCUT2D eigenvalue weighted by Gasteiger charge is -2.09. The molecule has 20 heavy (non-hydrogen) atoms. The second kappa shape index (κ2) is 8.94. The van der Waals surface area contributed by atoms with Crippen LogP contribution in [-0.2, 0) is 11.3 Å². The van der Waals surface area contributed by atoms with Crippen molar-refractivity contribution in [2.45, 2.75) is 20.4 Å². The van der Waals surface area contributed by atoms with E-state index in [0.29, 0.717) is 25.4 Å². The molecular weight excluding hydrogens is 254 g/mol. The van der Waals surface area contributed by atoms with Crippen LogP contribution in [0.2, 0.25) is 0 Å². The van der Waals surface area contributed by atoms with Crippen LogP contribution in [0.25, 0.3) is 0 Å². The van der Waals surface area contributed by atoms with Gasteiger partial charge in [-0.1, -0.05) is 26.0 Å². The molecule has 1 aromatic rings. The van der Waals surface area contributed by atoms with Crippen LogP contribution in [0.1, 0.15) is 19.4 Å². The zero-order valence-electron chi connectivity index (χ0n) is 12.0. The maximum atomic E-state index is 11.3. The van der Waals surface area contributed by atoms with E-state index in [1.165, 1.54) is 0 Å². The lowest BCUT2D eigenvalue weighted by molar-refractivity contribution is -0.123. The zero-order chi connectivity index (χ0) is 14.8. The number of hydrogen-bond acceptors (Lipinski definition) is 4. The highest BCUT2D eigenvalue weighted by atomic mass is 16.5. The highest BCUT2D eigenvalue weighted by Gasteiger charge is 2.04. The van der Waals surface area contributed by atoms with E-state index in [0.717, 1.165) is 5.56 Å². The number of benzene rings is 1. The Labute approximate surface area is 119 Å². The van der Waals surface area contributed by atoms with Crippen molar-refractivity contribution in [2.24, 2.45) is 5.92 Å². The van der Waals surface area contributed by atoms with Gasteiger partial charge in [0, 0.05) is 25.6 Å². The molecule has 0 aliphatic rings. The van der Waals surface area contributed by atoms with Gasteiger partial charge in [0.15, 0.2) is 6.61 Å². The van der Waals surface area contributed by atoms with Crippen molar-refractivity contribution >= 4 is 5.91 Å². The Balaban J connectivity index is 2.25. The number of nitrogens with one attached hydrogen (secondary N) is 2. The topological polar surface area (TPSA) is 74.2 Å². The van der Waals surface area contributed by atoms with Crippen LogP contribution in [0.5, 0.6) is 5.75 Å². The summed E-state index contributed by atoms with van der Waals surface area (Å²) in [5.74, 6) is 0.779. The van der Waals surface area contributed by atoms with Crippen LogP contribution in [0.4, 0.5) is 0 Å². The predicted molar refractivity (Wildman–Crippen MR) is 77.1 cm³/mol. The van der Waals surface area contributed by atoms with E-state index in [9.17, 15) is 4.79 Å². The van der Waals surface area contributed by atoms with Crippen LogP contribution in [-0.4, -0.2) is 25.6 Å². The minimum Gasteiger partial charge on any atom is -0.479 e. The van der Waals surface area contributed by atoms with Gasteiger partial charge < -0.3 is 15.4 Å². The monoisotopic (exact) mass is 275 g/mol. The molecular formula is C15H21N3O2. The number of carbonyl (C=O) groups excluding carboxylic acids is 1. The molecule has 1 aromatic carbocycles. The second-order valence-electron chi connectivity index (χ2n) is 4.72. The van der Waals surface area contributed by atoms with E-state index < -0.39 is 0 Å². The molecule has 0 bridgehead atoms.